The van der Waals surface area contributed by atoms with Gasteiger partial charge in [0.25, 0.3) is 5.97 Å². The van der Waals surface area contributed by atoms with Gasteiger partial charge in [-0.3, -0.25) is 4.79 Å². The Kier molecular flexibility index (Phi) is 24.4. The van der Waals surface area contributed by atoms with Gasteiger partial charge in [0, 0.05) is 24.0 Å². The van der Waals surface area contributed by atoms with Gasteiger partial charge in [-0.1, -0.05) is 0 Å². The van der Waals surface area contributed by atoms with Gasteiger partial charge in [0.15, 0.2) is 0 Å². The fourth-order valence-corrected chi connectivity index (χ4v) is 0. The van der Waals surface area contributed by atoms with Crippen molar-refractivity contribution >= 4 is 29.0 Å². The van der Waals surface area contributed by atoms with Crippen LogP contribution in [-0.2, 0) is 21.9 Å². The van der Waals surface area contributed by atoms with Crippen LogP contribution in [0.5, 0.6) is 0 Å². The molecule has 0 aromatic carbocycles. The maximum atomic E-state index is 9.00. The minimum atomic E-state index is -0.833. The molecular formula is C2H6FeMgO2. The normalized spacial score (nSPS) is 4.17. The standard InChI is InChI=1S/C2H4O2.Fe.Mg.2H/c1-2(3)4;;;;/h1H3,(H,3,4);;;;. The molecule has 0 bridgehead atoms. The molecule has 0 unspecified atom stereocenters. The molecule has 0 aliphatic carbocycles. The Morgan fingerprint density at radius 2 is 1.67 bits per heavy atom. The predicted octanol–water partition coefficient (Wildman–Crippen LogP) is -0.828. The topological polar surface area (TPSA) is 37.3 Å². The third-order valence-corrected chi connectivity index (χ3v) is 0. The molecule has 0 rings (SSSR count). The summed E-state index contributed by atoms with van der Waals surface area (Å²) in [5, 5.41) is 7.42. The molecule has 0 heterocycles. The molecule has 0 aliphatic heterocycles. The summed E-state index contributed by atoms with van der Waals surface area (Å²) in [5.74, 6) is -0.833. The van der Waals surface area contributed by atoms with Crippen molar-refractivity contribution in [2.45, 2.75) is 6.92 Å². The van der Waals surface area contributed by atoms with E-state index in [2.05, 4.69) is 0 Å². The van der Waals surface area contributed by atoms with E-state index in [1.807, 2.05) is 0 Å². The number of carboxylic acid groups (broad SMARTS) is 1. The van der Waals surface area contributed by atoms with E-state index in [-0.39, 0.29) is 40.1 Å². The zero-order valence-corrected chi connectivity index (χ0v) is 3.81. The van der Waals surface area contributed by atoms with E-state index in [0.29, 0.717) is 0 Å². The largest absolute Gasteiger partial charge is 0.481 e. The zero-order chi connectivity index (χ0) is 3.58. The predicted molar refractivity (Wildman–Crippen MR) is 21.9 cm³/mol. The maximum Gasteiger partial charge on any atom is 0.316 e. The van der Waals surface area contributed by atoms with Crippen molar-refractivity contribution in [2.24, 2.45) is 0 Å². The van der Waals surface area contributed by atoms with Crippen LogP contribution in [0.1, 0.15) is 6.92 Å². The van der Waals surface area contributed by atoms with E-state index >= 15 is 0 Å². The van der Waals surface area contributed by atoms with Gasteiger partial charge in [0.05, 0.1) is 0 Å². The number of hydrogen-bond acceptors (Lipinski definition) is 1. The van der Waals surface area contributed by atoms with Gasteiger partial charge >= 0.3 is 23.1 Å². The molecule has 0 aromatic rings. The number of carbonyl (C=O) groups is 1. The molecular weight excluding hydrogens is 136 g/mol. The van der Waals surface area contributed by atoms with Crippen molar-refractivity contribution < 1.29 is 27.0 Å². The third-order valence-electron chi connectivity index (χ3n) is 0. The molecule has 0 aliphatic rings. The summed E-state index contributed by atoms with van der Waals surface area (Å²) in [5.41, 5.74) is 0. The van der Waals surface area contributed by atoms with Crippen LogP contribution in [0.25, 0.3) is 0 Å². The van der Waals surface area contributed by atoms with E-state index in [1.54, 1.807) is 0 Å². The van der Waals surface area contributed by atoms with E-state index in [4.69, 9.17) is 9.90 Å². The van der Waals surface area contributed by atoms with E-state index in [1.165, 1.54) is 0 Å². The summed E-state index contributed by atoms with van der Waals surface area (Å²) < 4.78 is 0. The first-order chi connectivity index (χ1) is 1.73. The monoisotopic (exact) mass is 142 g/mol. The quantitative estimate of drug-likeness (QED) is 0.448. The molecule has 0 aromatic heterocycles. The van der Waals surface area contributed by atoms with E-state index in [0.717, 1.165) is 6.92 Å². The summed E-state index contributed by atoms with van der Waals surface area (Å²) in [4.78, 5) is 9.00. The molecule has 2 nitrogen and oxygen atoms in total. The number of carboxylic acids is 1. The number of aliphatic carboxylic acids is 1. The Morgan fingerprint density at radius 3 is 1.67 bits per heavy atom. The molecule has 4 heteroatoms. The van der Waals surface area contributed by atoms with Crippen molar-refractivity contribution in [1.29, 1.82) is 0 Å². The first kappa shape index (κ1) is 15.9. The second-order valence-electron chi connectivity index (χ2n) is 0.519. The van der Waals surface area contributed by atoms with Gasteiger partial charge in [-0.2, -0.15) is 0 Å². The van der Waals surface area contributed by atoms with Crippen LogP contribution in [0.3, 0.4) is 0 Å². The van der Waals surface area contributed by atoms with Crippen molar-refractivity contribution in [3.8, 4) is 0 Å². The molecule has 0 atom stereocenters. The van der Waals surface area contributed by atoms with E-state index < -0.39 is 5.97 Å². The average molecular weight is 142 g/mol. The van der Waals surface area contributed by atoms with Gasteiger partial charge < -0.3 is 5.11 Å². The van der Waals surface area contributed by atoms with Crippen LogP contribution in [-0.4, -0.2) is 34.1 Å². The van der Waals surface area contributed by atoms with Gasteiger partial charge in [-0.15, -0.1) is 0 Å². The van der Waals surface area contributed by atoms with Gasteiger partial charge in [0.1, 0.15) is 0 Å². The van der Waals surface area contributed by atoms with Gasteiger partial charge in [-0.05, 0) is 0 Å². The molecule has 0 amide bonds. The molecule has 0 saturated heterocycles. The summed E-state index contributed by atoms with van der Waals surface area (Å²) in [6, 6.07) is 0. The minimum absolute atomic E-state index is 0. The first-order valence-corrected chi connectivity index (χ1v) is 0.928. The van der Waals surface area contributed by atoms with Crippen LogP contribution in [0, 0.1) is 0 Å². The summed E-state index contributed by atoms with van der Waals surface area (Å²) in [6.45, 7) is 1.08. The average Bonchev–Trinajstić information content (AvgIpc) is 0.811. The molecule has 36 valence electrons. The summed E-state index contributed by atoms with van der Waals surface area (Å²) in [6.07, 6.45) is 0. The molecule has 0 fully saturated rings. The van der Waals surface area contributed by atoms with Gasteiger partial charge in [-0.25, -0.2) is 0 Å². The molecule has 6 heavy (non-hydrogen) atoms. The molecule has 0 radical (unpaired) electrons. The second-order valence-corrected chi connectivity index (χ2v) is 0.519. The van der Waals surface area contributed by atoms with Crippen molar-refractivity contribution in [2.75, 3.05) is 0 Å². The van der Waals surface area contributed by atoms with Crippen LogP contribution in [0.4, 0.5) is 0 Å². The van der Waals surface area contributed by atoms with Crippen LogP contribution in [0.2, 0.25) is 0 Å². The molecule has 0 saturated carbocycles. The van der Waals surface area contributed by atoms with Crippen molar-refractivity contribution in [3.63, 3.8) is 0 Å². The Labute approximate surface area is 62.9 Å². The fraction of sp³-hybridized carbons (Fsp3) is 0.500. The van der Waals surface area contributed by atoms with Crippen LogP contribution >= 0.6 is 0 Å². The van der Waals surface area contributed by atoms with Crippen molar-refractivity contribution in [3.05, 3.63) is 0 Å². The molecule has 1 N–H and O–H groups in total. The van der Waals surface area contributed by atoms with Crippen molar-refractivity contribution in [1.82, 2.24) is 0 Å². The second kappa shape index (κ2) is 9.23. The Hall–Kier alpha value is 0.756. The Bertz CT molecular complexity index is 34.5. The smallest absolute Gasteiger partial charge is 0.316 e. The SMILES string of the molecule is CC(=O)O.[Fe].[MgH2]. The molecule has 0 spiro atoms. The fourth-order valence-electron chi connectivity index (χ4n) is 0. The minimum Gasteiger partial charge on any atom is -0.481 e. The summed E-state index contributed by atoms with van der Waals surface area (Å²) >= 11 is 0. The number of hydrogen-bond donors (Lipinski definition) is 1. The van der Waals surface area contributed by atoms with Crippen LogP contribution in [0.15, 0.2) is 0 Å². The third kappa shape index (κ3) is 117. The van der Waals surface area contributed by atoms with E-state index in [9.17, 15) is 0 Å². The number of rotatable bonds is 0. The Balaban J connectivity index is -0.0000000450. The maximum absolute atomic E-state index is 9.00. The van der Waals surface area contributed by atoms with Crippen LogP contribution < -0.4 is 0 Å². The summed E-state index contributed by atoms with van der Waals surface area (Å²) in [7, 11) is 0. The first-order valence-electron chi connectivity index (χ1n) is 0.928. The Morgan fingerprint density at radius 1 is 1.67 bits per heavy atom. The zero-order valence-electron chi connectivity index (χ0n) is 2.71. The van der Waals surface area contributed by atoms with Gasteiger partial charge in [0.2, 0.25) is 0 Å².